The lowest BCUT2D eigenvalue weighted by molar-refractivity contribution is 0.129. The highest BCUT2D eigenvalue weighted by molar-refractivity contribution is 4.97. The Morgan fingerprint density at radius 2 is 1.88 bits per heavy atom. The maximum Gasteiger partial charge on any atom is 0.00103 e. The van der Waals surface area contributed by atoms with E-state index in [1.807, 2.05) is 0 Å². The molecule has 0 radical (unpaired) electrons. The van der Waals surface area contributed by atoms with Gasteiger partial charge < -0.3 is 11.1 Å². The van der Waals surface area contributed by atoms with Gasteiger partial charge in [-0.1, -0.05) is 20.3 Å². The summed E-state index contributed by atoms with van der Waals surface area (Å²) >= 11 is 0. The molecular weight excluding hydrogens is 196 g/mol. The number of nitrogens with two attached hydrogens (primary N) is 1. The fourth-order valence-corrected chi connectivity index (χ4v) is 3.04. The topological polar surface area (TPSA) is 38.0 Å². The molecule has 2 nitrogen and oxygen atoms in total. The van der Waals surface area contributed by atoms with Gasteiger partial charge in [0, 0.05) is 6.54 Å². The van der Waals surface area contributed by atoms with E-state index in [-0.39, 0.29) is 0 Å². The van der Waals surface area contributed by atoms with E-state index in [4.69, 9.17) is 5.73 Å². The van der Waals surface area contributed by atoms with Crippen LogP contribution in [0.5, 0.6) is 0 Å². The predicted molar refractivity (Wildman–Crippen MR) is 69.3 cm³/mol. The first-order valence-corrected chi connectivity index (χ1v) is 7.03. The third-order valence-electron chi connectivity index (χ3n) is 5.27. The quantitative estimate of drug-likeness (QED) is 0.652. The summed E-state index contributed by atoms with van der Waals surface area (Å²) in [6, 6.07) is 0. The van der Waals surface area contributed by atoms with Gasteiger partial charge in [-0.3, -0.25) is 0 Å². The smallest absolute Gasteiger partial charge is 0.00103 e. The molecule has 0 aliphatic heterocycles. The average Bonchev–Trinajstić information content (AvgIpc) is 2.97. The van der Waals surface area contributed by atoms with E-state index in [2.05, 4.69) is 19.2 Å². The van der Waals surface area contributed by atoms with Crippen LogP contribution in [-0.4, -0.2) is 19.6 Å². The van der Waals surface area contributed by atoms with Crippen molar-refractivity contribution in [3.8, 4) is 0 Å². The molecule has 0 spiro atoms. The number of rotatable bonds is 7. The predicted octanol–water partition coefficient (Wildman–Crippen LogP) is 2.53. The van der Waals surface area contributed by atoms with Gasteiger partial charge in [0.2, 0.25) is 0 Å². The molecule has 0 aromatic rings. The van der Waals surface area contributed by atoms with Gasteiger partial charge in [-0.2, -0.15) is 0 Å². The van der Waals surface area contributed by atoms with Crippen LogP contribution in [0.1, 0.15) is 52.4 Å². The highest BCUT2D eigenvalue weighted by atomic mass is 14.9. The highest BCUT2D eigenvalue weighted by Crippen LogP contribution is 2.51. The molecule has 2 aliphatic rings. The van der Waals surface area contributed by atoms with Crippen LogP contribution in [0.4, 0.5) is 0 Å². The molecule has 0 saturated heterocycles. The van der Waals surface area contributed by atoms with Crippen LogP contribution in [0.2, 0.25) is 0 Å². The number of hydrogen-bond acceptors (Lipinski definition) is 2. The fourth-order valence-electron chi connectivity index (χ4n) is 3.04. The first-order valence-electron chi connectivity index (χ1n) is 7.03. The summed E-state index contributed by atoms with van der Waals surface area (Å²) in [6.07, 6.45) is 8.27. The fraction of sp³-hybridized carbons (Fsp3) is 1.00. The Labute approximate surface area is 100 Å². The zero-order valence-corrected chi connectivity index (χ0v) is 11.0. The molecule has 0 unspecified atom stereocenters. The van der Waals surface area contributed by atoms with E-state index in [1.54, 1.807) is 0 Å². The maximum absolute atomic E-state index is 5.87. The van der Waals surface area contributed by atoms with E-state index >= 15 is 0 Å². The van der Waals surface area contributed by atoms with E-state index in [9.17, 15) is 0 Å². The maximum atomic E-state index is 5.87. The molecule has 3 N–H and O–H groups in total. The Bertz CT molecular complexity index is 217. The van der Waals surface area contributed by atoms with E-state index in [0.29, 0.717) is 10.8 Å². The van der Waals surface area contributed by atoms with Crippen molar-refractivity contribution in [3.05, 3.63) is 0 Å². The Morgan fingerprint density at radius 3 is 2.25 bits per heavy atom. The normalized spacial score (nSPS) is 25.5. The van der Waals surface area contributed by atoms with Crippen molar-refractivity contribution in [1.82, 2.24) is 5.32 Å². The van der Waals surface area contributed by atoms with E-state index in [1.165, 1.54) is 51.6 Å². The molecule has 2 saturated carbocycles. The largest absolute Gasteiger partial charge is 0.330 e. The van der Waals surface area contributed by atoms with Gasteiger partial charge in [-0.05, 0) is 61.9 Å². The molecule has 0 aromatic carbocycles. The van der Waals surface area contributed by atoms with Gasteiger partial charge in [0.05, 0.1) is 0 Å². The minimum absolute atomic E-state index is 0.515. The number of nitrogens with one attached hydrogen (secondary N) is 1. The summed E-state index contributed by atoms with van der Waals surface area (Å²) in [4.78, 5) is 0. The molecule has 2 heteroatoms. The van der Waals surface area contributed by atoms with Crippen LogP contribution in [0.3, 0.4) is 0 Å². The summed E-state index contributed by atoms with van der Waals surface area (Å²) in [5.74, 6) is 0.840. The highest BCUT2D eigenvalue weighted by Gasteiger charge is 2.44. The zero-order valence-electron chi connectivity index (χ0n) is 11.0. The van der Waals surface area contributed by atoms with Crippen molar-refractivity contribution in [2.45, 2.75) is 52.4 Å². The van der Waals surface area contributed by atoms with Crippen molar-refractivity contribution < 1.29 is 0 Å². The molecular formula is C14H28N2. The molecule has 0 heterocycles. The monoisotopic (exact) mass is 224 g/mol. The summed E-state index contributed by atoms with van der Waals surface area (Å²) in [5.41, 5.74) is 7.03. The second-order valence-corrected chi connectivity index (χ2v) is 6.50. The van der Waals surface area contributed by atoms with Gasteiger partial charge in [0.25, 0.3) is 0 Å². The van der Waals surface area contributed by atoms with Crippen LogP contribution in [-0.2, 0) is 0 Å². The van der Waals surface area contributed by atoms with E-state index in [0.717, 1.165) is 12.5 Å². The minimum Gasteiger partial charge on any atom is -0.330 e. The molecule has 0 bridgehead atoms. The first-order chi connectivity index (χ1) is 7.63. The second-order valence-electron chi connectivity index (χ2n) is 6.50. The third kappa shape index (κ3) is 2.43. The summed E-state index contributed by atoms with van der Waals surface area (Å²) in [6.45, 7) is 8.02. The molecule has 2 aliphatic carbocycles. The summed E-state index contributed by atoms with van der Waals surface area (Å²) in [7, 11) is 0. The molecule has 16 heavy (non-hydrogen) atoms. The Kier molecular flexibility index (Phi) is 3.60. The minimum atomic E-state index is 0.515. The molecule has 0 amide bonds. The summed E-state index contributed by atoms with van der Waals surface area (Å²) in [5, 5.41) is 3.67. The van der Waals surface area contributed by atoms with Gasteiger partial charge in [0.15, 0.2) is 0 Å². The van der Waals surface area contributed by atoms with Gasteiger partial charge in [0.1, 0.15) is 0 Å². The van der Waals surface area contributed by atoms with Gasteiger partial charge in [-0.15, -0.1) is 0 Å². The number of hydrogen-bond donors (Lipinski definition) is 2. The van der Waals surface area contributed by atoms with Gasteiger partial charge >= 0.3 is 0 Å². The molecule has 2 rings (SSSR count). The zero-order chi connectivity index (χ0) is 11.6. The lowest BCUT2D eigenvalue weighted by Crippen LogP contribution is -2.40. The second kappa shape index (κ2) is 4.66. The SMILES string of the molecule is CC(C)C1(CNCCC2(CN)CCC2)CC1. The lowest BCUT2D eigenvalue weighted by Gasteiger charge is -2.41. The standard InChI is InChI=1S/C14H28N2/c1-12(2)14(6-7-14)11-16-9-8-13(10-15)4-3-5-13/h12,16H,3-11,15H2,1-2H3. The Balaban J connectivity index is 1.62. The average molecular weight is 224 g/mol. The van der Waals surface area contributed by atoms with Crippen molar-refractivity contribution >= 4 is 0 Å². The van der Waals surface area contributed by atoms with E-state index < -0.39 is 0 Å². The summed E-state index contributed by atoms with van der Waals surface area (Å²) < 4.78 is 0. The molecule has 0 aromatic heterocycles. The van der Waals surface area contributed by atoms with Crippen LogP contribution in [0.15, 0.2) is 0 Å². The van der Waals surface area contributed by atoms with Crippen molar-refractivity contribution in [2.24, 2.45) is 22.5 Å². The van der Waals surface area contributed by atoms with Crippen molar-refractivity contribution in [2.75, 3.05) is 19.6 Å². The van der Waals surface area contributed by atoms with Gasteiger partial charge in [-0.25, -0.2) is 0 Å². The third-order valence-corrected chi connectivity index (χ3v) is 5.27. The molecule has 2 fully saturated rings. The van der Waals surface area contributed by atoms with Crippen LogP contribution < -0.4 is 11.1 Å². The van der Waals surface area contributed by atoms with Crippen molar-refractivity contribution in [3.63, 3.8) is 0 Å². The Morgan fingerprint density at radius 1 is 1.19 bits per heavy atom. The van der Waals surface area contributed by atoms with Crippen LogP contribution in [0.25, 0.3) is 0 Å². The van der Waals surface area contributed by atoms with Crippen LogP contribution in [0, 0.1) is 16.7 Å². The Hall–Kier alpha value is -0.0800. The molecule has 94 valence electrons. The first kappa shape index (κ1) is 12.4. The molecule has 0 atom stereocenters. The van der Waals surface area contributed by atoms with Crippen molar-refractivity contribution in [1.29, 1.82) is 0 Å². The lowest BCUT2D eigenvalue weighted by atomic mass is 9.67. The van der Waals surface area contributed by atoms with Crippen LogP contribution >= 0.6 is 0 Å².